The molecule has 0 atom stereocenters. The summed E-state index contributed by atoms with van der Waals surface area (Å²) in [7, 11) is 0. The van der Waals surface area contributed by atoms with Gasteiger partial charge in [-0.25, -0.2) is 9.97 Å². The van der Waals surface area contributed by atoms with Crippen molar-refractivity contribution in [3.05, 3.63) is 57.6 Å². The second kappa shape index (κ2) is 5.32. The van der Waals surface area contributed by atoms with Gasteiger partial charge < -0.3 is 4.90 Å². The van der Waals surface area contributed by atoms with E-state index in [4.69, 9.17) is 0 Å². The molecule has 0 aliphatic carbocycles. The lowest BCUT2D eigenvalue weighted by Crippen LogP contribution is -2.36. The van der Waals surface area contributed by atoms with Crippen molar-refractivity contribution in [2.75, 3.05) is 6.54 Å². The molecule has 4 nitrogen and oxygen atoms in total. The number of hydrogen-bond donors (Lipinski definition) is 0. The predicted molar refractivity (Wildman–Crippen MR) is 79.4 cm³/mol. The van der Waals surface area contributed by atoms with Crippen LogP contribution in [0.3, 0.4) is 0 Å². The van der Waals surface area contributed by atoms with E-state index in [2.05, 4.69) is 25.9 Å². The van der Waals surface area contributed by atoms with Gasteiger partial charge in [0.1, 0.15) is 5.82 Å². The molecule has 20 heavy (non-hydrogen) atoms. The lowest BCUT2D eigenvalue weighted by molar-refractivity contribution is 0.0733. The first-order valence-electron chi connectivity index (χ1n) is 6.50. The zero-order valence-corrected chi connectivity index (χ0v) is 12.7. The van der Waals surface area contributed by atoms with Crippen LogP contribution in [0.5, 0.6) is 0 Å². The fourth-order valence-electron chi connectivity index (χ4n) is 2.36. The third-order valence-corrected chi connectivity index (χ3v) is 3.96. The number of nitrogens with zero attached hydrogens (tertiary/aromatic N) is 3. The molecule has 1 aromatic carbocycles. The molecule has 0 fully saturated rings. The molecule has 0 bridgehead atoms. The Hall–Kier alpha value is -1.75. The maximum absolute atomic E-state index is 12.5. The highest BCUT2D eigenvalue weighted by atomic mass is 79.9. The van der Waals surface area contributed by atoms with Gasteiger partial charge in [-0.2, -0.15) is 0 Å². The van der Waals surface area contributed by atoms with E-state index in [0.717, 1.165) is 28.0 Å². The summed E-state index contributed by atoms with van der Waals surface area (Å²) in [5.41, 5.74) is 2.83. The van der Waals surface area contributed by atoms with Gasteiger partial charge in [0.15, 0.2) is 0 Å². The Labute approximate surface area is 126 Å². The van der Waals surface area contributed by atoms with Crippen LogP contribution in [0, 0.1) is 6.92 Å². The van der Waals surface area contributed by atoms with Crippen LogP contribution in [0.4, 0.5) is 0 Å². The van der Waals surface area contributed by atoms with E-state index in [1.807, 2.05) is 42.3 Å². The van der Waals surface area contributed by atoms with Crippen molar-refractivity contribution in [3.63, 3.8) is 0 Å². The lowest BCUT2D eigenvalue weighted by Gasteiger charge is -2.28. The smallest absolute Gasteiger partial charge is 0.254 e. The van der Waals surface area contributed by atoms with Gasteiger partial charge in [0, 0.05) is 41.3 Å². The van der Waals surface area contributed by atoms with Crippen molar-refractivity contribution < 1.29 is 4.79 Å². The van der Waals surface area contributed by atoms with Crippen molar-refractivity contribution >= 4 is 21.8 Å². The van der Waals surface area contributed by atoms with Crippen LogP contribution in [-0.4, -0.2) is 27.3 Å². The molecule has 1 aliphatic heterocycles. The number of halogens is 1. The first-order chi connectivity index (χ1) is 9.63. The summed E-state index contributed by atoms with van der Waals surface area (Å²) < 4.78 is 0.974. The molecule has 1 aromatic heterocycles. The second-order valence-electron chi connectivity index (χ2n) is 4.87. The van der Waals surface area contributed by atoms with Gasteiger partial charge in [-0.3, -0.25) is 4.79 Å². The Kier molecular flexibility index (Phi) is 3.53. The van der Waals surface area contributed by atoms with E-state index in [1.54, 1.807) is 0 Å². The van der Waals surface area contributed by atoms with Crippen molar-refractivity contribution in [3.8, 4) is 0 Å². The number of aryl methyl sites for hydroxylation is 1. The number of hydrogen-bond acceptors (Lipinski definition) is 3. The predicted octanol–water partition coefficient (Wildman–Crippen LogP) is 2.75. The number of rotatable bonds is 1. The number of carbonyl (C=O) groups excluding carboxylic acids is 1. The summed E-state index contributed by atoms with van der Waals surface area (Å²) in [4.78, 5) is 23.0. The molecular weight excluding hydrogens is 318 g/mol. The molecule has 0 spiro atoms. The number of benzene rings is 1. The standard InChI is InChI=1S/C15H14BrN3O/c1-10-17-8-12-9-19(7-6-14(12)18-10)15(20)11-2-4-13(16)5-3-11/h2-5,8H,6-7,9H2,1H3. The minimum atomic E-state index is 0.0590. The number of carbonyl (C=O) groups is 1. The topological polar surface area (TPSA) is 46.1 Å². The monoisotopic (exact) mass is 331 g/mol. The Morgan fingerprint density at radius 2 is 2.05 bits per heavy atom. The van der Waals surface area contributed by atoms with Crippen LogP contribution < -0.4 is 0 Å². The van der Waals surface area contributed by atoms with Crippen LogP contribution in [0.25, 0.3) is 0 Å². The largest absolute Gasteiger partial charge is 0.334 e. The van der Waals surface area contributed by atoms with Crippen molar-refractivity contribution in [2.24, 2.45) is 0 Å². The van der Waals surface area contributed by atoms with Crippen LogP contribution in [0.2, 0.25) is 0 Å². The molecule has 2 aromatic rings. The zero-order valence-electron chi connectivity index (χ0n) is 11.1. The minimum absolute atomic E-state index is 0.0590. The molecule has 0 N–H and O–H groups in total. The van der Waals surface area contributed by atoms with Crippen molar-refractivity contribution in [2.45, 2.75) is 19.9 Å². The normalized spacial score (nSPS) is 14.0. The molecule has 1 amide bonds. The van der Waals surface area contributed by atoms with E-state index in [-0.39, 0.29) is 5.91 Å². The van der Waals surface area contributed by atoms with Crippen molar-refractivity contribution in [1.82, 2.24) is 14.9 Å². The van der Waals surface area contributed by atoms with Crippen LogP contribution in [0.15, 0.2) is 34.9 Å². The van der Waals surface area contributed by atoms with E-state index < -0.39 is 0 Å². The van der Waals surface area contributed by atoms with Gasteiger partial charge in [-0.15, -0.1) is 0 Å². The Bertz CT molecular complexity index is 655. The zero-order chi connectivity index (χ0) is 14.1. The van der Waals surface area contributed by atoms with Crippen LogP contribution >= 0.6 is 15.9 Å². The van der Waals surface area contributed by atoms with Gasteiger partial charge in [-0.05, 0) is 31.2 Å². The number of aromatic nitrogens is 2. The van der Waals surface area contributed by atoms with Gasteiger partial charge in [-0.1, -0.05) is 15.9 Å². The SMILES string of the molecule is Cc1ncc2c(n1)CCN(C(=O)c1ccc(Br)cc1)C2. The first kappa shape index (κ1) is 13.2. The third kappa shape index (κ3) is 2.58. The lowest BCUT2D eigenvalue weighted by atomic mass is 10.1. The minimum Gasteiger partial charge on any atom is -0.334 e. The molecule has 5 heteroatoms. The molecule has 2 heterocycles. The van der Waals surface area contributed by atoms with Crippen LogP contribution in [-0.2, 0) is 13.0 Å². The summed E-state index contributed by atoms with van der Waals surface area (Å²) in [6.45, 7) is 3.18. The van der Waals surface area contributed by atoms with Gasteiger partial charge in [0.05, 0.1) is 5.69 Å². The second-order valence-corrected chi connectivity index (χ2v) is 5.79. The summed E-state index contributed by atoms with van der Waals surface area (Å²) in [5, 5.41) is 0. The molecule has 3 rings (SSSR count). The fraction of sp³-hybridized carbons (Fsp3) is 0.267. The highest BCUT2D eigenvalue weighted by Gasteiger charge is 2.22. The first-order valence-corrected chi connectivity index (χ1v) is 7.29. The van der Waals surface area contributed by atoms with Gasteiger partial charge in [0.25, 0.3) is 5.91 Å². The molecule has 0 radical (unpaired) electrons. The summed E-state index contributed by atoms with van der Waals surface area (Å²) in [6, 6.07) is 7.45. The fourth-order valence-corrected chi connectivity index (χ4v) is 2.63. The summed E-state index contributed by atoms with van der Waals surface area (Å²) in [6.07, 6.45) is 2.62. The van der Waals surface area contributed by atoms with E-state index in [1.165, 1.54) is 0 Å². The Morgan fingerprint density at radius 1 is 1.30 bits per heavy atom. The number of fused-ring (bicyclic) bond motifs is 1. The van der Waals surface area contributed by atoms with Gasteiger partial charge in [0.2, 0.25) is 0 Å². The highest BCUT2D eigenvalue weighted by molar-refractivity contribution is 9.10. The highest BCUT2D eigenvalue weighted by Crippen LogP contribution is 2.19. The third-order valence-electron chi connectivity index (χ3n) is 3.43. The summed E-state index contributed by atoms with van der Waals surface area (Å²) in [5.74, 6) is 0.847. The van der Waals surface area contributed by atoms with Crippen LogP contribution in [0.1, 0.15) is 27.4 Å². The van der Waals surface area contributed by atoms with E-state index in [9.17, 15) is 4.79 Å². The molecule has 1 aliphatic rings. The molecule has 102 valence electrons. The van der Waals surface area contributed by atoms with Crippen molar-refractivity contribution in [1.29, 1.82) is 0 Å². The number of amides is 1. The average molecular weight is 332 g/mol. The quantitative estimate of drug-likeness (QED) is 0.807. The summed E-state index contributed by atoms with van der Waals surface area (Å²) >= 11 is 3.38. The molecule has 0 unspecified atom stereocenters. The Morgan fingerprint density at radius 3 is 2.80 bits per heavy atom. The van der Waals surface area contributed by atoms with Gasteiger partial charge >= 0.3 is 0 Å². The molecular formula is C15H14BrN3O. The average Bonchev–Trinajstić information content (AvgIpc) is 2.47. The van der Waals surface area contributed by atoms with E-state index in [0.29, 0.717) is 18.7 Å². The maximum Gasteiger partial charge on any atom is 0.254 e. The maximum atomic E-state index is 12.5. The molecule has 0 saturated carbocycles. The Balaban J connectivity index is 1.81. The van der Waals surface area contributed by atoms with E-state index >= 15 is 0 Å². The molecule has 0 saturated heterocycles.